The van der Waals surface area contributed by atoms with Crippen molar-refractivity contribution in [1.29, 1.82) is 0 Å². The minimum absolute atomic E-state index is 0.00561. The minimum Gasteiger partial charge on any atom is -0.496 e. The van der Waals surface area contributed by atoms with Gasteiger partial charge < -0.3 is 19.7 Å². The number of benzene rings is 4. The topological polar surface area (TPSA) is 127 Å². The number of fused-ring (bicyclic) bond motifs is 2. The van der Waals surface area contributed by atoms with Crippen LogP contribution in [-0.2, 0) is 9.59 Å². The van der Waals surface area contributed by atoms with Gasteiger partial charge >= 0.3 is 11.9 Å². The van der Waals surface area contributed by atoms with E-state index < -0.39 is 11.9 Å². The number of hydrogen-bond donors (Lipinski definition) is 2. The van der Waals surface area contributed by atoms with Crippen molar-refractivity contribution in [2.24, 2.45) is 0 Å². The second kappa shape index (κ2) is 13.0. The van der Waals surface area contributed by atoms with Crippen LogP contribution in [0.15, 0.2) is 72.8 Å². The number of carbonyl (C=O) groups excluding carboxylic acids is 2. The normalized spacial score (nSPS) is 10.4. The monoisotopic (exact) mass is 516 g/mol. The zero-order valence-electron chi connectivity index (χ0n) is 21.1. The number of Topliss-reactive ketones (excluding diaryl/α,β-unsaturated/α-hetero) is 2. The van der Waals surface area contributed by atoms with Gasteiger partial charge in [0.05, 0.1) is 27.1 Å². The molecule has 196 valence electrons. The molecule has 0 heterocycles. The fourth-order valence-corrected chi connectivity index (χ4v) is 4.10. The zero-order chi connectivity index (χ0) is 27.7. The fraction of sp³-hybridized carbons (Fsp3) is 0.200. The SMILES string of the molecule is COc1ccc(C(=O)CCC(=O)O)c2ccccc12.COc1ccc(C(=O)CCC(=O)O)c2ccccc12. The maximum Gasteiger partial charge on any atom is 0.303 e. The molecule has 0 aliphatic heterocycles. The Hall–Kier alpha value is -4.72. The van der Waals surface area contributed by atoms with Crippen molar-refractivity contribution in [2.45, 2.75) is 25.7 Å². The zero-order valence-corrected chi connectivity index (χ0v) is 21.1. The van der Waals surface area contributed by atoms with Crippen LogP contribution in [0.5, 0.6) is 11.5 Å². The van der Waals surface area contributed by atoms with Gasteiger partial charge in [0, 0.05) is 34.7 Å². The van der Waals surface area contributed by atoms with E-state index in [0.29, 0.717) is 22.6 Å². The summed E-state index contributed by atoms with van der Waals surface area (Å²) >= 11 is 0. The lowest BCUT2D eigenvalue weighted by Crippen LogP contribution is -2.04. The van der Waals surface area contributed by atoms with E-state index in [1.807, 2.05) is 48.5 Å². The summed E-state index contributed by atoms with van der Waals surface area (Å²) in [6.07, 6.45) is -0.296. The molecule has 0 saturated carbocycles. The van der Waals surface area contributed by atoms with Crippen molar-refractivity contribution in [1.82, 2.24) is 0 Å². The molecule has 2 N–H and O–H groups in total. The number of carbonyl (C=O) groups is 4. The van der Waals surface area contributed by atoms with Crippen molar-refractivity contribution in [3.05, 3.63) is 83.9 Å². The lowest BCUT2D eigenvalue weighted by molar-refractivity contribution is -0.137. The lowest BCUT2D eigenvalue weighted by Gasteiger charge is -2.09. The van der Waals surface area contributed by atoms with Crippen LogP contribution in [0.1, 0.15) is 46.4 Å². The average Bonchev–Trinajstić information content (AvgIpc) is 2.93. The first kappa shape index (κ1) is 27.9. The second-order valence-corrected chi connectivity index (χ2v) is 8.36. The van der Waals surface area contributed by atoms with E-state index >= 15 is 0 Å². The quantitative estimate of drug-likeness (QED) is 0.254. The highest BCUT2D eigenvalue weighted by atomic mass is 16.5. The van der Waals surface area contributed by atoms with E-state index in [0.717, 1.165) is 21.5 Å². The molecule has 0 aliphatic rings. The molecule has 0 aromatic heterocycles. The Bertz CT molecular complexity index is 1380. The molecule has 0 radical (unpaired) electrons. The number of aliphatic carboxylic acids is 2. The van der Waals surface area contributed by atoms with Crippen molar-refractivity contribution >= 4 is 45.0 Å². The summed E-state index contributed by atoms with van der Waals surface area (Å²) < 4.78 is 10.5. The van der Waals surface area contributed by atoms with Gasteiger partial charge in [-0.15, -0.1) is 0 Å². The number of carboxylic acid groups (broad SMARTS) is 2. The molecule has 0 spiro atoms. The third-order valence-electron chi connectivity index (χ3n) is 5.94. The van der Waals surface area contributed by atoms with Gasteiger partial charge in [0.2, 0.25) is 0 Å². The first-order chi connectivity index (χ1) is 18.3. The summed E-state index contributed by atoms with van der Waals surface area (Å²) in [6, 6.07) is 21.7. The molecule has 0 aliphatic carbocycles. The van der Waals surface area contributed by atoms with Crippen LogP contribution in [0.3, 0.4) is 0 Å². The molecule has 8 nitrogen and oxygen atoms in total. The molecule has 4 aromatic rings. The molecular formula is C30H28O8. The van der Waals surface area contributed by atoms with Crippen LogP contribution in [0.25, 0.3) is 21.5 Å². The first-order valence-corrected chi connectivity index (χ1v) is 11.9. The van der Waals surface area contributed by atoms with Gasteiger partial charge in [0.15, 0.2) is 11.6 Å². The fourth-order valence-electron chi connectivity index (χ4n) is 4.10. The summed E-state index contributed by atoms with van der Waals surface area (Å²) in [5.74, 6) is -0.865. The molecule has 0 fully saturated rings. The maximum absolute atomic E-state index is 12.1. The first-order valence-electron chi connectivity index (χ1n) is 11.9. The molecule has 0 bridgehead atoms. The number of ketones is 2. The Kier molecular flexibility index (Phi) is 9.54. The van der Waals surface area contributed by atoms with Crippen LogP contribution in [-0.4, -0.2) is 47.9 Å². The van der Waals surface area contributed by atoms with Crippen LogP contribution < -0.4 is 9.47 Å². The highest BCUT2D eigenvalue weighted by Crippen LogP contribution is 2.30. The smallest absolute Gasteiger partial charge is 0.303 e. The number of rotatable bonds is 10. The van der Waals surface area contributed by atoms with Crippen molar-refractivity contribution < 1.29 is 38.9 Å². The highest BCUT2D eigenvalue weighted by Gasteiger charge is 2.15. The predicted molar refractivity (Wildman–Crippen MR) is 143 cm³/mol. The third-order valence-corrected chi connectivity index (χ3v) is 5.94. The summed E-state index contributed by atoms with van der Waals surface area (Å²) in [4.78, 5) is 45.2. The maximum atomic E-state index is 12.1. The van der Waals surface area contributed by atoms with Crippen molar-refractivity contribution in [3.63, 3.8) is 0 Å². The molecule has 0 amide bonds. The largest absolute Gasteiger partial charge is 0.496 e. The predicted octanol–water partition coefficient (Wildman–Crippen LogP) is 5.79. The van der Waals surface area contributed by atoms with E-state index in [1.54, 1.807) is 38.5 Å². The van der Waals surface area contributed by atoms with Crippen LogP contribution >= 0.6 is 0 Å². The summed E-state index contributed by atoms with van der Waals surface area (Å²) in [5, 5.41) is 20.5. The van der Waals surface area contributed by atoms with Gasteiger partial charge in [0.25, 0.3) is 0 Å². The molecule has 4 aromatic carbocycles. The number of ether oxygens (including phenoxy) is 2. The van der Waals surface area contributed by atoms with Gasteiger partial charge in [0.1, 0.15) is 11.5 Å². The van der Waals surface area contributed by atoms with Gasteiger partial charge in [-0.3, -0.25) is 19.2 Å². The Labute approximate surface area is 219 Å². The van der Waals surface area contributed by atoms with Crippen LogP contribution in [0.4, 0.5) is 0 Å². The Morgan fingerprint density at radius 2 is 0.868 bits per heavy atom. The summed E-state index contributed by atoms with van der Waals surface area (Å²) in [6.45, 7) is 0. The standard InChI is InChI=1S/2C15H14O4/c2*1-19-14-8-6-11(13(16)7-9-15(17)18)10-4-2-3-5-12(10)14/h2*2-6,8H,7,9H2,1H3,(H,17,18). The van der Waals surface area contributed by atoms with E-state index in [2.05, 4.69) is 0 Å². The van der Waals surface area contributed by atoms with Gasteiger partial charge in [-0.05, 0) is 35.0 Å². The Morgan fingerprint density at radius 3 is 1.18 bits per heavy atom. The molecular weight excluding hydrogens is 488 g/mol. The van der Waals surface area contributed by atoms with Crippen molar-refractivity contribution in [3.8, 4) is 11.5 Å². The Balaban J connectivity index is 0.000000211. The molecule has 0 atom stereocenters. The molecule has 0 unspecified atom stereocenters. The number of methoxy groups -OCH3 is 2. The average molecular weight is 517 g/mol. The number of carboxylic acids is 2. The Morgan fingerprint density at radius 1 is 0.526 bits per heavy atom. The summed E-state index contributed by atoms with van der Waals surface area (Å²) in [5.41, 5.74) is 1.08. The molecule has 4 rings (SSSR count). The van der Waals surface area contributed by atoms with Crippen molar-refractivity contribution in [2.75, 3.05) is 14.2 Å². The van der Waals surface area contributed by atoms with Gasteiger partial charge in [-0.25, -0.2) is 0 Å². The van der Waals surface area contributed by atoms with Crippen LogP contribution in [0, 0.1) is 0 Å². The highest BCUT2D eigenvalue weighted by molar-refractivity contribution is 6.11. The van der Waals surface area contributed by atoms with Crippen LogP contribution in [0.2, 0.25) is 0 Å². The minimum atomic E-state index is -0.967. The molecule has 38 heavy (non-hydrogen) atoms. The number of hydrogen-bond acceptors (Lipinski definition) is 6. The summed E-state index contributed by atoms with van der Waals surface area (Å²) in [7, 11) is 3.15. The third kappa shape index (κ3) is 6.73. The molecule has 8 heteroatoms. The van der Waals surface area contributed by atoms with E-state index in [1.165, 1.54) is 0 Å². The van der Waals surface area contributed by atoms with E-state index in [9.17, 15) is 19.2 Å². The molecule has 0 saturated heterocycles. The lowest BCUT2D eigenvalue weighted by atomic mass is 9.98. The van der Waals surface area contributed by atoms with Gasteiger partial charge in [-0.1, -0.05) is 48.5 Å². The van der Waals surface area contributed by atoms with E-state index in [-0.39, 0.29) is 37.2 Å². The van der Waals surface area contributed by atoms with E-state index in [4.69, 9.17) is 19.7 Å². The van der Waals surface area contributed by atoms with Gasteiger partial charge in [-0.2, -0.15) is 0 Å². The second-order valence-electron chi connectivity index (χ2n) is 8.36.